The van der Waals surface area contributed by atoms with Gasteiger partial charge in [0.15, 0.2) is 0 Å². The van der Waals surface area contributed by atoms with E-state index >= 15 is 0 Å². The van der Waals surface area contributed by atoms with Crippen LogP contribution in [0, 0.1) is 24.4 Å². The van der Waals surface area contributed by atoms with Crippen LogP contribution in [0.4, 0.5) is 0 Å². The van der Waals surface area contributed by atoms with Crippen molar-refractivity contribution in [2.24, 2.45) is 5.41 Å². The molecule has 0 aliphatic rings. The Morgan fingerprint density at radius 1 is 0.836 bits per heavy atom. The van der Waals surface area contributed by atoms with Gasteiger partial charge >= 0.3 is 145 Å². The maximum atomic E-state index is 8.80. The molecular formula is C49H51GeIrN3O-2. The third-order valence-corrected chi connectivity index (χ3v) is 13.7. The van der Waals surface area contributed by atoms with E-state index in [1.165, 1.54) is 11.6 Å². The minimum Gasteiger partial charge on any atom is 0 e. The molecule has 0 saturated carbocycles. The van der Waals surface area contributed by atoms with Crippen molar-refractivity contribution in [3.63, 3.8) is 0 Å². The molecule has 0 aliphatic carbocycles. The van der Waals surface area contributed by atoms with E-state index in [4.69, 9.17) is 16.3 Å². The van der Waals surface area contributed by atoms with Crippen LogP contribution in [0.15, 0.2) is 120 Å². The first-order valence-corrected chi connectivity index (χ1v) is 25.8. The average Bonchev–Trinajstić information content (AvgIpc) is 3.76. The third-order valence-electron chi connectivity index (χ3n) is 9.42. The predicted molar refractivity (Wildman–Crippen MR) is 231 cm³/mol. The van der Waals surface area contributed by atoms with Crippen LogP contribution in [0.2, 0.25) is 17.3 Å². The zero-order valence-electron chi connectivity index (χ0n) is 38.1. The first kappa shape index (κ1) is 34.0. The molecule has 0 N–H and O–H groups in total. The van der Waals surface area contributed by atoms with Crippen molar-refractivity contribution in [2.75, 3.05) is 0 Å². The molecule has 0 bridgehead atoms. The smallest absolute Gasteiger partial charge is 0 e. The van der Waals surface area contributed by atoms with Gasteiger partial charge in [-0.3, -0.25) is 4.98 Å². The van der Waals surface area contributed by atoms with E-state index in [2.05, 4.69) is 114 Å². The summed E-state index contributed by atoms with van der Waals surface area (Å²) in [5.74, 6) is 7.53. The molecule has 3 aromatic heterocycles. The van der Waals surface area contributed by atoms with Crippen molar-refractivity contribution in [1.29, 1.82) is 0 Å². The van der Waals surface area contributed by atoms with Crippen LogP contribution in [-0.2, 0) is 31.9 Å². The molecule has 0 amide bonds. The van der Waals surface area contributed by atoms with Crippen molar-refractivity contribution < 1.29 is 31.4 Å². The van der Waals surface area contributed by atoms with Gasteiger partial charge in [-0.2, -0.15) is 0 Å². The third kappa shape index (κ3) is 8.75. The number of aromatic nitrogens is 3. The molecule has 283 valence electrons. The summed E-state index contributed by atoms with van der Waals surface area (Å²) in [6.07, 6.45) is 0.303. The van der Waals surface area contributed by atoms with Gasteiger partial charge in [-0.15, -0.1) is 18.2 Å². The van der Waals surface area contributed by atoms with Gasteiger partial charge in [-0.25, -0.2) is 0 Å². The Morgan fingerprint density at radius 2 is 1.56 bits per heavy atom. The van der Waals surface area contributed by atoms with E-state index in [9.17, 15) is 0 Å². The number of imidazole rings is 1. The molecular weight excluding hydrogens is 911 g/mol. The van der Waals surface area contributed by atoms with Gasteiger partial charge in [-0.1, -0.05) is 74.2 Å². The molecule has 0 saturated heterocycles. The van der Waals surface area contributed by atoms with Gasteiger partial charge in [-0.05, 0) is 41.3 Å². The minimum atomic E-state index is -2.36. The van der Waals surface area contributed by atoms with Crippen molar-refractivity contribution in [2.45, 2.75) is 77.5 Å². The van der Waals surface area contributed by atoms with Crippen molar-refractivity contribution in [3.8, 4) is 28.3 Å². The summed E-state index contributed by atoms with van der Waals surface area (Å²) >= 11 is -2.36. The summed E-state index contributed by atoms with van der Waals surface area (Å²) in [6.45, 7) is 10.3. The Labute approximate surface area is 350 Å². The fraction of sp³-hybridized carbons (Fsp3) is 0.265. The molecule has 0 spiro atoms. The Bertz CT molecular complexity index is 2790. The van der Waals surface area contributed by atoms with E-state index in [1.807, 2.05) is 63.4 Å². The number of hydrogen-bond donors (Lipinski definition) is 0. The Balaban J connectivity index is 0.000000201. The number of hydrogen-bond acceptors (Lipinski definition) is 3. The van der Waals surface area contributed by atoms with Crippen LogP contribution >= 0.6 is 0 Å². The van der Waals surface area contributed by atoms with Gasteiger partial charge in [0.2, 0.25) is 0 Å². The summed E-state index contributed by atoms with van der Waals surface area (Å²) < 4.78 is 49.6. The summed E-state index contributed by atoms with van der Waals surface area (Å²) in [5, 5.41) is 2.19. The Morgan fingerprint density at radius 3 is 2.24 bits per heavy atom. The molecule has 3 heterocycles. The number of para-hydroxylation sites is 3. The maximum absolute atomic E-state index is 8.80. The fourth-order valence-electron chi connectivity index (χ4n) is 6.71. The number of nitrogens with zero attached hydrogens (tertiary/aromatic N) is 3. The first-order valence-electron chi connectivity index (χ1n) is 21.0. The molecule has 1 radical (unpaired) electrons. The van der Waals surface area contributed by atoms with E-state index in [-0.39, 0.29) is 31.1 Å². The quantitative estimate of drug-likeness (QED) is 0.128. The first-order chi connectivity index (χ1) is 27.6. The van der Waals surface area contributed by atoms with E-state index in [0.29, 0.717) is 16.8 Å². The largest absolute Gasteiger partial charge is 0 e. The summed E-state index contributed by atoms with van der Waals surface area (Å²) in [6, 6.07) is 42.2. The average molecular weight is 968 g/mol. The molecule has 8 aromatic rings. The summed E-state index contributed by atoms with van der Waals surface area (Å²) in [5.41, 5.74) is 8.70. The second-order valence-corrected chi connectivity index (χ2v) is 27.6. The summed E-state index contributed by atoms with van der Waals surface area (Å²) in [7, 11) is 0. The normalized spacial score (nSPS) is 13.9. The number of aryl methyl sites for hydroxylation is 1. The molecule has 0 unspecified atom stereocenters. The van der Waals surface area contributed by atoms with E-state index in [0.717, 1.165) is 54.4 Å². The Hall–Kier alpha value is -4.29. The molecule has 8 rings (SSSR count). The Kier molecular flexibility index (Phi) is 9.70. The summed E-state index contributed by atoms with van der Waals surface area (Å²) in [4.78, 5) is 9.59. The van der Waals surface area contributed by atoms with Crippen molar-refractivity contribution in [1.82, 2.24) is 14.5 Å². The zero-order valence-corrected chi connectivity index (χ0v) is 37.5. The second-order valence-electron chi connectivity index (χ2n) is 17.0. The van der Waals surface area contributed by atoms with Crippen LogP contribution in [0.3, 0.4) is 0 Å². The fourth-order valence-corrected chi connectivity index (χ4v) is 9.64. The van der Waals surface area contributed by atoms with E-state index in [1.54, 1.807) is 12.1 Å². The van der Waals surface area contributed by atoms with Gasteiger partial charge in [0, 0.05) is 31.2 Å². The number of benzene rings is 5. The van der Waals surface area contributed by atoms with E-state index < -0.39 is 31.9 Å². The number of furan rings is 1. The standard InChI is InChI=1S/C29H23N2O.C20H28GeN.Ir/c1-29(2,3)19-15-17-20(18-16-19)31-25-13-6-5-12-24(25)30-28(31)23-11-8-10-22-21-9-4-7-14-26(21)32-27(22)23;1-15-8-10-16(11-9-15)19-12-17(13-20(2,3)4)18(14-22-19)21(5,6)7;/h4-10,12-18H,1-3H3;8-10,12,14H,13H2,1-7H3;/q2*-1;/i;1D3,13D2;. The number of pyridine rings is 1. The minimum absolute atomic E-state index is 0. The van der Waals surface area contributed by atoms with Crippen LogP contribution in [-0.4, -0.2) is 27.8 Å². The van der Waals surface area contributed by atoms with Crippen LogP contribution in [0.25, 0.3) is 61.3 Å². The molecule has 6 heteroatoms. The molecule has 4 nitrogen and oxygen atoms in total. The van der Waals surface area contributed by atoms with Gasteiger partial charge < -0.3 is 8.98 Å². The molecule has 0 fully saturated rings. The zero-order chi connectivity index (χ0) is 42.7. The SMILES string of the molecule is CC(C)(C)c1ccc(-n2c(-c3[c-]ccc4c3oc3ccccc34)nc3ccccc32)cc1.[2H]C([2H])([2H])c1c[c-]c(-c2cc(C([2H])([2H])C(C)(C)C)[c]([Ge]([CH3])([CH3])[CH3])cn2)cc1.[Ir]. The molecule has 0 atom stereocenters. The molecule has 0 aliphatic heterocycles. The monoisotopic (exact) mass is 969 g/mol. The van der Waals surface area contributed by atoms with Crippen molar-refractivity contribution >= 4 is 50.6 Å². The molecule has 5 aromatic carbocycles. The number of rotatable bonds is 5. The van der Waals surface area contributed by atoms with Crippen LogP contribution in [0.1, 0.15) is 65.1 Å². The van der Waals surface area contributed by atoms with Gasteiger partial charge in [0.05, 0.1) is 22.4 Å². The second kappa shape index (κ2) is 15.7. The number of fused-ring (bicyclic) bond motifs is 4. The van der Waals surface area contributed by atoms with Crippen LogP contribution in [0.5, 0.6) is 0 Å². The van der Waals surface area contributed by atoms with Crippen molar-refractivity contribution in [3.05, 3.63) is 144 Å². The topological polar surface area (TPSA) is 43.9 Å². The molecule has 55 heavy (non-hydrogen) atoms. The maximum Gasteiger partial charge on any atom is 0 e. The predicted octanol–water partition coefficient (Wildman–Crippen LogP) is 12.7. The van der Waals surface area contributed by atoms with Gasteiger partial charge in [0.25, 0.3) is 0 Å². The van der Waals surface area contributed by atoms with Crippen LogP contribution < -0.4 is 4.40 Å². The van der Waals surface area contributed by atoms with Gasteiger partial charge in [0.1, 0.15) is 5.58 Å².